The number of hydrazone groups is 1. The lowest BCUT2D eigenvalue weighted by Crippen LogP contribution is -2.49. The molecule has 3 heterocycles. The van der Waals surface area contributed by atoms with Gasteiger partial charge in [-0.25, -0.2) is 10.2 Å². The number of urea groups is 1. The van der Waals surface area contributed by atoms with Gasteiger partial charge in [0.25, 0.3) is 0 Å². The molecule has 0 saturated carbocycles. The minimum absolute atomic E-state index is 0.230. The van der Waals surface area contributed by atoms with Crippen LogP contribution < -0.4 is 15.9 Å². The molecule has 0 spiro atoms. The highest BCUT2D eigenvalue weighted by Crippen LogP contribution is 2.38. The third-order valence-corrected chi connectivity index (χ3v) is 4.21. The molecule has 9 nitrogen and oxygen atoms in total. The van der Waals surface area contributed by atoms with Crippen LogP contribution in [0.4, 0.5) is 4.79 Å². The zero-order chi connectivity index (χ0) is 16.7. The van der Waals surface area contributed by atoms with E-state index in [0.29, 0.717) is 18.0 Å². The summed E-state index contributed by atoms with van der Waals surface area (Å²) in [4.78, 5) is 16.6. The number of nitrogens with one attached hydrogen (secondary N) is 1. The molecular formula is C15H16N4O5. The van der Waals surface area contributed by atoms with Crippen molar-refractivity contribution in [1.29, 1.82) is 0 Å². The number of ether oxygens (including phenoxy) is 3. The largest absolute Gasteiger partial charge is 0.497 e. The van der Waals surface area contributed by atoms with Crippen LogP contribution in [0.25, 0.3) is 0 Å². The molecule has 2 saturated heterocycles. The number of fused-ring (bicyclic) bond motifs is 4. The second-order valence-electron chi connectivity index (χ2n) is 5.61. The maximum atomic E-state index is 11.0. The SMILES string of the molecule is COc1ccc(C2=NO[C@@H]3C4CO[C@H](O4)/C(=N\NC(N)=O)C23)cc1. The summed E-state index contributed by atoms with van der Waals surface area (Å²) in [5.41, 5.74) is 9.41. The first-order valence-corrected chi connectivity index (χ1v) is 7.45. The number of hydrogen-bond donors (Lipinski definition) is 2. The second-order valence-corrected chi connectivity index (χ2v) is 5.61. The lowest BCUT2D eigenvalue weighted by Gasteiger charge is -2.29. The fourth-order valence-corrected chi connectivity index (χ4v) is 3.11. The van der Waals surface area contributed by atoms with E-state index in [9.17, 15) is 4.79 Å². The van der Waals surface area contributed by atoms with E-state index in [2.05, 4.69) is 15.7 Å². The smallest absolute Gasteiger partial charge is 0.332 e. The number of nitrogens with zero attached hydrogens (tertiary/aromatic N) is 2. The average molecular weight is 332 g/mol. The predicted molar refractivity (Wildman–Crippen MR) is 82.7 cm³/mol. The Bertz CT molecular complexity index is 717. The molecule has 1 aromatic carbocycles. The highest BCUT2D eigenvalue weighted by atomic mass is 16.7. The molecule has 126 valence electrons. The van der Waals surface area contributed by atoms with E-state index in [4.69, 9.17) is 24.8 Å². The molecule has 0 aliphatic carbocycles. The summed E-state index contributed by atoms with van der Waals surface area (Å²) in [6, 6.07) is 6.70. The molecule has 3 aliphatic heterocycles. The minimum Gasteiger partial charge on any atom is -0.497 e. The Hall–Kier alpha value is -2.65. The van der Waals surface area contributed by atoms with Crippen LogP contribution in [-0.2, 0) is 14.3 Å². The third-order valence-electron chi connectivity index (χ3n) is 4.21. The molecule has 1 aromatic rings. The molecule has 0 radical (unpaired) electrons. The number of rotatable bonds is 3. The van der Waals surface area contributed by atoms with Gasteiger partial charge in [0.05, 0.1) is 25.3 Å². The molecule has 0 aromatic heterocycles. The first-order chi connectivity index (χ1) is 11.7. The van der Waals surface area contributed by atoms with Crippen molar-refractivity contribution in [2.45, 2.75) is 18.5 Å². The van der Waals surface area contributed by atoms with Crippen molar-refractivity contribution in [3.8, 4) is 5.75 Å². The van der Waals surface area contributed by atoms with Gasteiger partial charge in [0, 0.05) is 5.56 Å². The van der Waals surface area contributed by atoms with Crippen LogP contribution in [-0.4, -0.2) is 49.7 Å². The van der Waals surface area contributed by atoms with E-state index >= 15 is 0 Å². The molecule has 2 fully saturated rings. The molecular weight excluding hydrogens is 316 g/mol. The molecule has 24 heavy (non-hydrogen) atoms. The summed E-state index contributed by atoms with van der Waals surface area (Å²) in [5, 5.41) is 8.29. The van der Waals surface area contributed by atoms with Crippen LogP contribution in [0.3, 0.4) is 0 Å². The molecule has 2 unspecified atom stereocenters. The number of amides is 2. The number of carbonyl (C=O) groups is 1. The summed E-state index contributed by atoms with van der Waals surface area (Å²) in [6.45, 7) is 0.382. The monoisotopic (exact) mass is 332 g/mol. The normalized spacial score (nSPS) is 32.0. The molecule has 4 rings (SSSR count). The maximum Gasteiger partial charge on any atom is 0.332 e. The van der Waals surface area contributed by atoms with Crippen molar-refractivity contribution in [3.63, 3.8) is 0 Å². The number of oxime groups is 1. The first-order valence-electron chi connectivity index (χ1n) is 7.45. The van der Waals surface area contributed by atoms with Gasteiger partial charge in [-0.3, -0.25) is 0 Å². The van der Waals surface area contributed by atoms with Crippen molar-refractivity contribution in [2.75, 3.05) is 13.7 Å². The van der Waals surface area contributed by atoms with Crippen molar-refractivity contribution in [1.82, 2.24) is 5.43 Å². The predicted octanol–water partition coefficient (Wildman–Crippen LogP) is 0.194. The number of nitrogens with two attached hydrogens (primary N) is 1. The Morgan fingerprint density at radius 1 is 1.42 bits per heavy atom. The number of methoxy groups -OCH3 is 1. The van der Waals surface area contributed by atoms with Gasteiger partial charge in [0.15, 0.2) is 12.4 Å². The lowest BCUT2D eigenvalue weighted by molar-refractivity contribution is -0.0812. The first kappa shape index (κ1) is 14.9. The average Bonchev–Trinajstić information content (AvgIpc) is 3.21. The fourth-order valence-electron chi connectivity index (χ4n) is 3.11. The zero-order valence-corrected chi connectivity index (χ0v) is 12.8. The van der Waals surface area contributed by atoms with Gasteiger partial charge in [-0.05, 0) is 24.3 Å². The Morgan fingerprint density at radius 2 is 2.21 bits per heavy atom. The molecule has 3 N–H and O–H groups in total. The number of carbonyl (C=O) groups excluding carboxylic acids is 1. The molecule has 3 aliphatic rings. The third kappa shape index (κ3) is 2.38. The van der Waals surface area contributed by atoms with Crippen LogP contribution in [0, 0.1) is 5.92 Å². The van der Waals surface area contributed by atoms with Crippen molar-refractivity contribution in [3.05, 3.63) is 29.8 Å². The van der Waals surface area contributed by atoms with Crippen molar-refractivity contribution < 1.29 is 23.8 Å². The van der Waals surface area contributed by atoms with Crippen LogP contribution in [0.1, 0.15) is 5.56 Å². The minimum atomic E-state index is -0.763. The van der Waals surface area contributed by atoms with Gasteiger partial charge in [0.1, 0.15) is 17.6 Å². The van der Waals surface area contributed by atoms with Gasteiger partial charge in [0.2, 0.25) is 0 Å². The van der Waals surface area contributed by atoms with Crippen LogP contribution in [0.15, 0.2) is 34.5 Å². The summed E-state index contributed by atoms with van der Waals surface area (Å²) >= 11 is 0. The Kier molecular flexibility index (Phi) is 3.58. The number of hydrogen-bond acceptors (Lipinski definition) is 7. The van der Waals surface area contributed by atoms with Crippen LogP contribution >= 0.6 is 0 Å². The highest BCUT2D eigenvalue weighted by Gasteiger charge is 2.55. The summed E-state index contributed by atoms with van der Waals surface area (Å²) in [5.74, 6) is 0.464. The lowest BCUT2D eigenvalue weighted by atomic mass is 9.84. The molecule has 2 bridgehead atoms. The van der Waals surface area contributed by atoms with E-state index in [1.807, 2.05) is 24.3 Å². The zero-order valence-electron chi connectivity index (χ0n) is 12.8. The number of benzene rings is 1. The van der Waals surface area contributed by atoms with Gasteiger partial charge >= 0.3 is 6.03 Å². The summed E-state index contributed by atoms with van der Waals surface area (Å²) in [6.07, 6.45) is -1.23. The molecule has 9 heteroatoms. The highest BCUT2D eigenvalue weighted by molar-refractivity contribution is 6.17. The van der Waals surface area contributed by atoms with E-state index in [1.54, 1.807) is 7.11 Å². The van der Waals surface area contributed by atoms with Crippen LogP contribution in [0.5, 0.6) is 5.75 Å². The Labute approximate surface area is 137 Å². The van der Waals surface area contributed by atoms with Gasteiger partial charge in [-0.2, -0.15) is 5.10 Å². The van der Waals surface area contributed by atoms with Gasteiger partial charge < -0.3 is 24.8 Å². The topological polar surface area (TPSA) is 117 Å². The maximum absolute atomic E-state index is 11.0. The summed E-state index contributed by atoms with van der Waals surface area (Å²) < 4.78 is 16.5. The number of primary amides is 1. The molecule has 2 amide bonds. The van der Waals surface area contributed by atoms with E-state index < -0.39 is 12.3 Å². The van der Waals surface area contributed by atoms with E-state index in [1.165, 1.54) is 0 Å². The van der Waals surface area contributed by atoms with E-state index in [-0.39, 0.29) is 18.1 Å². The standard InChI is InChI=1S/C15H16N4O5/c1-21-8-4-2-7(3-5-8)11-10-12(17-18-15(16)20)14-22-6-9(23-14)13(10)24-19-11/h2-5,9-10,13-14H,6H2,1H3,(H3,16,18,20)/b17-12-/t9?,10?,13-,14-/m1/s1. The Balaban J connectivity index is 1.69. The summed E-state index contributed by atoms with van der Waals surface area (Å²) in [7, 11) is 1.61. The van der Waals surface area contributed by atoms with Gasteiger partial charge in [-0.1, -0.05) is 5.16 Å². The van der Waals surface area contributed by atoms with Crippen molar-refractivity contribution in [2.24, 2.45) is 21.9 Å². The quantitative estimate of drug-likeness (QED) is 0.767. The van der Waals surface area contributed by atoms with Crippen molar-refractivity contribution >= 4 is 17.5 Å². The van der Waals surface area contributed by atoms with Crippen LogP contribution in [0.2, 0.25) is 0 Å². The second kappa shape index (κ2) is 5.77. The Morgan fingerprint density at radius 3 is 2.92 bits per heavy atom. The molecule has 4 atom stereocenters. The van der Waals surface area contributed by atoms with Gasteiger partial charge in [-0.15, -0.1) is 0 Å². The fraction of sp³-hybridized carbons (Fsp3) is 0.400. The van der Waals surface area contributed by atoms with E-state index in [0.717, 1.165) is 11.3 Å².